The van der Waals surface area contributed by atoms with Crippen LogP contribution in [0.1, 0.15) is 78.1 Å². The molecule has 0 heterocycles. The van der Waals surface area contributed by atoms with Gasteiger partial charge < -0.3 is 13.9 Å². The average molecular weight is 349 g/mol. The van der Waals surface area contributed by atoms with Gasteiger partial charge in [0, 0.05) is 0 Å². The molecule has 0 fully saturated rings. The number of unbranched alkanes of at least 4 members (excludes halogenated alkanes) is 8. The largest absolute Gasteiger partial charge is 3.00 e. The Morgan fingerprint density at radius 3 is 1.45 bits per heavy atom. The summed E-state index contributed by atoms with van der Waals surface area (Å²) in [4.78, 5) is 11.4. The second-order valence-corrected chi connectivity index (χ2v) is 6.35. The third-order valence-electron chi connectivity index (χ3n) is 2.99. The van der Waals surface area contributed by atoms with Crippen LogP contribution in [-0.2, 0) is 30.7 Å². The molecular weight excluding hydrogens is 319 g/mol. The molecule has 1 radical (unpaired) electrons. The summed E-state index contributed by atoms with van der Waals surface area (Å²) < 4.78 is 21.0. The Balaban J connectivity index is 0. The SMILES string of the molecule is CCCCCCCOP(=O)([O-])OCCCCCCC.[Fe+3]. The minimum absolute atomic E-state index is 0. The van der Waals surface area contributed by atoms with Crippen LogP contribution < -0.4 is 4.89 Å². The zero-order valence-electron chi connectivity index (χ0n) is 12.9. The Hall–Kier alpha value is 0.629. The monoisotopic (exact) mass is 349 g/mol. The fourth-order valence-electron chi connectivity index (χ4n) is 1.80. The summed E-state index contributed by atoms with van der Waals surface area (Å²) >= 11 is 0. The van der Waals surface area contributed by atoms with Crippen molar-refractivity contribution in [2.75, 3.05) is 13.2 Å². The molecule has 0 saturated carbocycles. The van der Waals surface area contributed by atoms with Crippen LogP contribution in [0.4, 0.5) is 0 Å². The van der Waals surface area contributed by atoms with E-state index in [1.165, 1.54) is 25.7 Å². The molecule has 0 saturated heterocycles. The van der Waals surface area contributed by atoms with Gasteiger partial charge in [-0.2, -0.15) is 0 Å². The maximum absolute atomic E-state index is 11.4. The summed E-state index contributed by atoms with van der Waals surface area (Å²) in [6.45, 7) is 4.80. The van der Waals surface area contributed by atoms with E-state index < -0.39 is 7.82 Å². The van der Waals surface area contributed by atoms with Gasteiger partial charge in [-0.25, -0.2) is 0 Å². The first kappa shape index (κ1) is 22.9. The molecule has 20 heavy (non-hydrogen) atoms. The molecule has 0 rings (SSSR count). The van der Waals surface area contributed by atoms with Crippen molar-refractivity contribution >= 4 is 7.82 Å². The van der Waals surface area contributed by atoms with Crippen molar-refractivity contribution in [2.45, 2.75) is 78.1 Å². The Kier molecular flexibility index (Phi) is 18.3. The zero-order valence-corrected chi connectivity index (χ0v) is 14.9. The molecule has 0 bridgehead atoms. The van der Waals surface area contributed by atoms with Gasteiger partial charge in [0.2, 0.25) is 0 Å². The maximum atomic E-state index is 11.4. The first-order valence-electron chi connectivity index (χ1n) is 7.72. The first-order valence-corrected chi connectivity index (χ1v) is 9.18. The maximum Gasteiger partial charge on any atom is 3.00 e. The van der Waals surface area contributed by atoms with Gasteiger partial charge in [-0.1, -0.05) is 65.2 Å². The number of rotatable bonds is 14. The standard InChI is InChI=1S/C14H31O4P.Fe/c1-3-5-7-9-11-13-17-19(15,16)18-14-12-10-8-6-4-2;/h3-14H2,1-2H3,(H,15,16);/q;+3/p-1. The average Bonchev–Trinajstić information content (AvgIpc) is 2.38. The summed E-state index contributed by atoms with van der Waals surface area (Å²) in [6, 6.07) is 0. The van der Waals surface area contributed by atoms with Gasteiger partial charge in [0.05, 0.1) is 13.2 Å². The number of hydrogen-bond acceptors (Lipinski definition) is 4. The molecule has 0 unspecified atom stereocenters. The van der Waals surface area contributed by atoms with Crippen molar-refractivity contribution in [1.29, 1.82) is 0 Å². The molecule has 0 aliphatic carbocycles. The summed E-state index contributed by atoms with van der Waals surface area (Å²) in [5, 5.41) is 0. The van der Waals surface area contributed by atoms with Crippen molar-refractivity contribution in [3.8, 4) is 0 Å². The fourth-order valence-corrected chi connectivity index (χ4v) is 2.58. The van der Waals surface area contributed by atoms with E-state index in [9.17, 15) is 9.46 Å². The molecule has 0 aromatic heterocycles. The van der Waals surface area contributed by atoms with Gasteiger partial charge in [0.1, 0.15) is 0 Å². The van der Waals surface area contributed by atoms with Crippen molar-refractivity contribution in [1.82, 2.24) is 0 Å². The topological polar surface area (TPSA) is 58.6 Å². The van der Waals surface area contributed by atoms with Gasteiger partial charge in [-0.05, 0) is 12.8 Å². The normalized spacial score (nSPS) is 11.3. The second-order valence-electron chi connectivity index (χ2n) is 4.94. The van der Waals surface area contributed by atoms with Gasteiger partial charge in [0.15, 0.2) is 0 Å². The van der Waals surface area contributed by atoms with Crippen LogP contribution in [-0.4, -0.2) is 13.2 Å². The third kappa shape index (κ3) is 16.7. The predicted molar refractivity (Wildman–Crippen MR) is 77.0 cm³/mol. The smallest absolute Gasteiger partial charge is 0.756 e. The molecule has 0 aliphatic rings. The summed E-state index contributed by atoms with van der Waals surface area (Å²) in [5.41, 5.74) is 0. The van der Waals surface area contributed by atoms with Crippen molar-refractivity contribution in [2.24, 2.45) is 0 Å². The van der Waals surface area contributed by atoms with E-state index in [0.717, 1.165) is 38.5 Å². The summed E-state index contributed by atoms with van der Waals surface area (Å²) in [5.74, 6) is 0. The number of phosphoric acid groups is 1. The quantitative estimate of drug-likeness (QED) is 0.265. The molecule has 0 amide bonds. The van der Waals surface area contributed by atoms with Gasteiger partial charge in [0.25, 0.3) is 7.82 Å². The molecule has 0 spiro atoms. The Morgan fingerprint density at radius 1 is 0.750 bits per heavy atom. The van der Waals surface area contributed by atoms with Crippen LogP contribution in [0.5, 0.6) is 0 Å². The molecule has 6 heteroatoms. The fraction of sp³-hybridized carbons (Fsp3) is 1.00. The Morgan fingerprint density at radius 2 is 1.10 bits per heavy atom. The third-order valence-corrected chi connectivity index (χ3v) is 3.99. The zero-order chi connectivity index (χ0) is 14.4. The number of phosphoric ester groups is 1. The van der Waals surface area contributed by atoms with Crippen molar-refractivity contribution in [3.05, 3.63) is 0 Å². The number of hydrogen-bond donors (Lipinski definition) is 0. The molecule has 121 valence electrons. The molecule has 0 N–H and O–H groups in total. The molecule has 0 atom stereocenters. The van der Waals surface area contributed by atoms with Crippen LogP contribution in [0.2, 0.25) is 0 Å². The van der Waals surface area contributed by atoms with E-state index in [4.69, 9.17) is 9.05 Å². The summed E-state index contributed by atoms with van der Waals surface area (Å²) in [6.07, 6.45) is 10.6. The first-order chi connectivity index (χ1) is 9.12. The Bertz CT molecular complexity index is 219. The van der Waals surface area contributed by atoms with Crippen LogP contribution in [0, 0.1) is 0 Å². The Labute approximate surface area is 135 Å². The van der Waals surface area contributed by atoms with Crippen molar-refractivity contribution in [3.63, 3.8) is 0 Å². The van der Waals surface area contributed by atoms with E-state index in [2.05, 4.69) is 13.8 Å². The minimum Gasteiger partial charge on any atom is -0.756 e. The van der Waals surface area contributed by atoms with Gasteiger partial charge >= 0.3 is 17.1 Å². The molecule has 0 aromatic rings. The second kappa shape index (κ2) is 16.0. The molecule has 0 aromatic carbocycles. The van der Waals surface area contributed by atoms with E-state index in [0.29, 0.717) is 0 Å². The van der Waals surface area contributed by atoms with Crippen LogP contribution in [0.25, 0.3) is 0 Å². The van der Waals surface area contributed by atoms with E-state index in [1.807, 2.05) is 0 Å². The summed E-state index contributed by atoms with van der Waals surface area (Å²) in [7, 11) is -4.05. The van der Waals surface area contributed by atoms with Crippen LogP contribution in [0.15, 0.2) is 0 Å². The van der Waals surface area contributed by atoms with Gasteiger partial charge in [-0.3, -0.25) is 4.57 Å². The molecular formula is C14H30FeO4P+2. The molecule has 0 aliphatic heterocycles. The van der Waals surface area contributed by atoms with Gasteiger partial charge in [-0.15, -0.1) is 0 Å². The van der Waals surface area contributed by atoms with E-state index in [1.54, 1.807) is 0 Å². The van der Waals surface area contributed by atoms with Crippen molar-refractivity contribution < 1.29 is 35.6 Å². The van der Waals surface area contributed by atoms with Crippen LogP contribution in [0.3, 0.4) is 0 Å². The van der Waals surface area contributed by atoms with E-state index >= 15 is 0 Å². The predicted octanol–water partition coefficient (Wildman–Crippen LogP) is 4.43. The molecule has 4 nitrogen and oxygen atoms in total. The minimum atomic E-state index is -4.05. The van der Waals surface area contributed by atoms with E-state index in [-0.39, 0.29) is 30.3 Å². The van der Waals surface area contributed by atoms with Crippen LogP contribution >= 0.6 is 7.82 Å².